The van der Waals surface area contributed by atoms with Crippen molar-refractivity contribution in [2.24, 2.45) is 0 Å². The second-order valence-electron chi connectivity index (χ2n) is 4.34. The van der Waals surface area contributed by atoms with Gasteiger partial charge in [-0.3, -0.25) is 14.9 Å². The molecule has 0 atom stereocenters. The number of ketones is 1. The Kier molecular flexibility index (Phi) is 4.94. The Labute approximate surface area is 132 Å². The summed E-state index contributed by atoms with van der Waals surface area (Å²) in [6.45, 7) is -0.108. The zero-order valence-electron chi connectivity index (χ0n) is 11.7. The van der Waals surface area contributed by atoms with E-state index in [-0.39, 0.29) is 28.1 Å². The van der Waals surface area contributed by atoms with Crippen molar-refractivity contribution in [3.63, 3.8) is 0 Å². The first kappa shape index (κ1) is 16.9. The molecule has 0 spiro atoms. The Hall–Kier alpha value is -2.49. The van der Waals surface area contributed by atoms with E-state index in [0.29, 0.717) is 0 Å². The fourth-order valence-corrected chi connectivity index (χ4v) is 2.16. The topological polar surface area (TPSA) is 81.2 Å². The van der Waals surface area contributed by atoms with Crippen molar-refractivity contribution in [3.05, 3.63) is 35.0 Å². The van der Waals surface area contributed by atoms with Crippen molar-refractivity contribution in [3.8, 4) is 5.88 Å². The van der Waals surface area contributed by atoms with Crippen molar-refractivity contribution in [2.45, 2.75) is 13.1 Å². The van der Waals surface area contributed by atoms with Crippen LogP contribution in [0.5, 0.6) is 5.88 Å². The number of anilines is 1. The Bertz CT molecular complexity index is 713. The first-order chi connectivity index (χ1) is 10.7. The highest BCUT2D eigenvalue weighted by molar-refractivity contribution is 7.14. The number of pyridine rings is 1. The van der Waals surface area contributed by atoms with Gasteiger partial charge in [-0.15, -0.1) is 11.3 Å². The molecule has 1 N–H and O–H groups in total. The maximum absolute atomic E-state index is 12.0. The zero-order valence-corrected chi connectivity index (χ0v) is 12.5. The molecular weight excluding hydrogens is 335 g/mol. The van der Waals surface area contributed by atoms with Crippen LogP contribution < -0.4 is 10.1 Å². The lowest BCUT2D eigenvalue weighted by Gasteiger charge is -2.08. The van der Waals surface area contributed by atoms with Crippen LogP contribution >= 0.6 is 11.3 Å². The summed E-state index contributed by atoms with van der Waals surface area (Å²) in [5, 5.41) is 4.20. The van der Waals surface area contributed by atoms with Crippen LogP contribution in [0.2, 0.25) is 0 Å². The van der Waals surface area contributed by atoms with E-state index >= 15 is 0 Å². The molecule has 0 aliphatic heterocycles. The summed E-state index contributed by atoms with van der Waals surface area (Å²) in [4.78, 5) is 30.6. The number of carbonyl (C=O) groups is 2. The van der Waals surface area contributed by atoms with Gasteiger partial charge in [-0.2, -0.15) is 13.2 Å². The molecule has 1 amide bonds. The number of hydrogen-bond acceptors (Lipinski definition) is 6. The molecule has 2 aromatic rings. The molecule has 0 fully saturated rings. The third-order valence-electron chi connectivity index (χ3n) is 2.47. The van der Waals surface area contributed by atoms with Crippen LogP contribution in [0.15, 0.2) is 23.7 Å². The molecular formula is C13H10F3N3O3S. The summed E-state index contributed by atoms with van der Waals surface area (Å²) in [5.74, 6) is -1.02. The van der Waals surface area contributed by atoms with Gasteiger partial charge in [0.2, 0.25) is 5.88 Å². The molecule has 0 aliphatic carbocycles. The average Bonchev–Trinajstić information content (AvgIpc) is 2.93. The highest BCUT2D eigenvalue weighted by Gasteiger charge is 2.28. The van der Waals surface area contributed by atoms with E-state index in [1.54, 1.807) is 0 Å². The quantitative estimate of drug-likeness (QED) is 0.843. The summed E-state index contributed by atoms with van der Waals surface area (Å²) in [6, 6.07) is 2.43. The molecule has 0 radical (unpaired) electrons. The SMILES string of the molecule is CC(=O)c1csc(NC(=O)c2ccc(OCC(F)(F)F)nc2)n1. The largest absolute Gasteiger partial charge is 0.468 e. The summed E-state index contributed by atoms with van der Waals surface area (Å²) in [7, 11) is 0. The van der Waals surface area contributed by atoms with Crippen molar-refractivity contribution >= 4 is 28.2 Å². The van der Waals surface area contributed by atoms with E-state index in [2.05, 4.69) is 20.0 Å². The van der Waals surface area contributed by atoms with Gasteiger partial charge in [-0.25, -0.2) is 9.97 Å². The van der Waals surface area contributed by atoms with Crippen LogP contribution in [-0.2, 0) is 0 Å². The number of nitrogens with zero attached hydrogens (tertiary/aromatic N) is 2. The fourth-order valence-electron chi connectivity index (χ4n) is 1.42. The van der Waals surface area contributed by atoms with Crippen molar-refractivity contribution in [1.82, 2.24) is 9.97 Å². The zero-order chi connectivity index (χ0) is 17.0. The highest BCUT2D eigenvalue weighted by atomic mass is 32.1. The minimum atomic E-state index is -4.46. The molecule has 0 aromatic carbocycles. The number of halogens is 3. The third kappa shape index (κ3) is 5.02. The molecule has 0 unspecified atom stereocenters. The minimum absolute atomic E-state index is 0.115. The molecule has 2 aromatic heterocycles. The van der Waals surface area contributed by atoms with Crippen LogP contribution in [-0.4, -0.2) is 34.4 Å². The van der Waals surface area contributed by atoms with E-state index in [0.717, 1.165) is 23.6 Å². The molecule has 2 rings (SSSR count). The lowest BCUT2D eigenvalue weighted by atomic mass is 10.3. The number of carbonyl (C=O) groups excluding carboxylic acids is 2. The van der Waals surface area contributed by atoms with Gasteiger partial charge in [0.1, 0.15) is 5.69 Å². The summed E-state index contributed by atoms with van der Waals surface area (Å²) >= 11 is 1.08. The van der Waals surface area contributed by atoms with Crippen LogP contribution in [0.1, 0.15) is 27.8 Å². The van der Waals surface area contributed by atoms with E-state index < -0.39 is 18.7 Å². The number of aromatic nitrogens is 2. The molecule has 0 bridgehead atoms. The van der Waals surface area contributed by atoms with E-state index in [1.165, 1.54) is 18.4 Å². The van der Waals surface area contributed by atoms with Gasteiger partial charge in [0.25, 0.3) is 5.91 Å². The molecule has 122 valence electrons. The molecule has 0 aliphatic rings. The minimum Gasteiger partial charge on any atom is -0.468 e. The average molecular weight is 345 g/mol. The Morgan fingerprint density at radius 1 is 1.35 bits per heavy atom. The van der Waals surface area contributed by atoms with Gasteiger partial charge in [-0.05, 0) is 6.07 Å². The summed E-state index contributed by atoms with van der Waals surface area (Å²) in [5.41, 5.74) is 0.350. The second-order valence-corrected chi connectivity index (χ2v) is 5.20. The number of alkyl halides is 3. The number of nitrogens with one attached hydrogen (secondary N) is 1. The smallest absolute Gasteiger partial charge is 0.422 e. The van der Waals surface area contributed by atoms with Gasteiger partial charge >= 0.3 is 6.18 Å². The number of rotatable bonds is 5. The molecule has 0 saturated carbocycles. The summed E-state index contributed by atoms with van der Waals surface area (Å²) < 4.78 is 40.4. The first-order valence-electron chi connectivity index (χ1n) is 6.18. The predicted octanol–water partition coefficient (Wildman–Crippen LogP) is 2.93. The van der Waals surface area contributed by atoms with Crippen LogP contribution in [0.25, 0.3) is 0 Å². The van der Waals surface area contributed by atoms with Crippen molar-refractivity contribution in [2.75, 3.05) is 11.9 Å². The summed E-state index contributed by atoms with van der Waals surface area (Å²) in [6.07, 6.45) is -3.38. The van der Waals surface area contributed by atoms with Gasteiger partial charge < -0.3 is 4.74 Å². The number of amides is 1. The molecule has 6 nitrogen and oxygen atoms in total. The maximum Gasteiger partial charge on any atom is 0.422 e. The Morgan fingerprint density at radius 3 is 2.61 bits per heavy atom. The van der Waals surface area contributed by atoms with Crippen LogP contribution in [0.4, 0.5) is 18.3 Å². The molecule has 2 heterocycles. The number of thiazole rings is 1. The van der Waals surface area contributed by atoms with E-state index in [1.807, 2.05) is 0 Å². The molecule has 23 heavy (non-hydrogen) atoms. The molecule has 0 saturated heterocycles. The molecule has 10 heteroatoms. The van der Waals surface area contributed by atoms with Gasteiger partial charge in [0, 0.05) is 24.6 Å². The second kappa shape index (κ2) is 6.73. The van der Waals surface area contributed by atoms with Crippen molar-refractivity contribution in [1.29, 1.82) is 0 Å². The standard InChI is InChI=1S/C13H10F3N3O3S/c1-7(20)9-5-23-12(18-9)19-11(21)8-2-3-10(17-4-8)22-6-13(14,15)16/h2-5H,6H2,1H3,(H,18,19,21). The van der Waals surface area contributed by atoms with Gasteiger partial charge in [0.15, 0.2) is 17.5 Å². The normalized spacial score (nSPS) is 11.1. The van der Waals surface area contributed by atoms with Gasteiger partial charge in [-0.1, -0.05) is 0 Å². The van der Waals surface area contributed by atoms with E-state index in [4.69, 9.17) is 0 Å². The monoisotopic (exact) mass is 345 g/mol. The number of hydrogen-bond donors (Lipinski definition) is 1. The Morgan fingerprint density at radius 2 is 2.09 bits per heavy atom. The maximum atomic E-state index is 12.0. The van der Waals surface area contributed by atoms with Crippen molar-refractivity contribution < 1.29 is 27.5 Å². The number of Topliss-reactive ketones (excluding diaryl/α,β-unsaturated/α-hetero) is 1. The lowest BCUT2D eigenvalue weighted by Crippen LogP contribution is -2.19. The predicted molar refractivity (Wildman–Crippen MR) is 75.9 cm³/mol. The number of ether oxygens (including phenoxy) is 1. The van der Waals surface area contributed by atoms with E-state index in [9.17, 15) is 22.8 Å². The van der Waals surface area contributed by atoms with Crippen LogP contribution in [0, 0.1) is 0 Å². The Balaban J connectivity index is 1.98. The first-order valence-corrected chi connectivity index (χ1v) is 7.06. The lowest BCUT2D eigenvalue weighted by molar-refractivity contribution is -0.154. The fraction of sp³-hybridized carbons (Fsp3) is 0.231. The third-order valence-corrected chi connectivity index (χ3v) is 3.23. The van der Waals surface area contributed by atoms with Crippen LogP contribution in [0.3, 0.4) is 0 Å². The highest BCUT2D eigenvalue weighted by Crippen LogP contribution is 2.19. The van der Waals surface area contributed by atoms with Gasteiger partial charge in [0.05, 0.1) is 5.56 Å².